The van der Waals surface area contributed by atoms with Gasteiger partial charge in [0, 0.05) is 11.8 Å². The molecule has 2 aromatic heterocycles. The molecule has 4 aromatic rings. The van der Waals surface area contributed by atoms with E-state index in [-0.39, 0.29) is 12.3 Å². The van der Waals surface area contributed by atoms with E-state index in [1.807, 2.05) is 32.0 Å². The molecule has 0 unspecified atom stereocenters. The lowest BCUT2D eigenvalue weighted by Crippen LogP contribution is -2.12. The normalized spacial score (nSPS) is 11.1. The van der Waals surface area contributed by atoms with E-state index >= 15 is 0 Å². The van der Waals surface area contributed by atoms with Crippen molar-refractivity contribution in [1.29, 1.82) is 0 Å². The Bertz CT molecular complexity index is 1370. The summed E-state index contributed by atoms with van der Waals surface area (Å²) in [6.45, 7) is 3.49. The van der Waals surface area contributed by atoms with Crippen LogP contribution in [0.5, 0.6) is 5.75 Å². The number of anilines is 1. The molecule has 0 spiro atoms. The molecule has 1 N–H and O–H groups in total. The molecule has 0 atom stereocenters. The number of rotatable bonds is 7. The van der Waals surface area contributed by atoms with Gasteiger partial charge in [0.15, 0.2) is 23.3 Å². The summed E-state index contributed by atoms with van der Waals surface area (Å²) >= 11 is 1.20. The van der Waals surface area contributed by atoms with Gasteiger partial charge in [-0.1, -0.05) is 6.07 Å². The highest BCUT2D eigenvalue weighted by molar-refractivity contribution is 7.12. The molecule has 11 heteroatoms. The van der Waals surface area contributed by atoms with E-state index < -0.39 is 47.1 Å². The van der Waals surface area contributed by atoms with Gasteiger partial charge in [0.25, 0.3) is 5.91 Å². The van der Waals surface area contributed by atoms with Gasteiger partial charge in [-0.2, -0.15) is 5.10 Å². The zero-order chi connectivity index (χ0) is 25.3. The van der Waals surface area contributed by atoms with Crippen LogP contribution in [0.2, 0.25) is 0 Å². The molecule has 2 aromatic carbocycles. The van der Waals surface area contributed by atoms with E-state index in [4.69, 9.17) is 4.74 Å². The van der Waals surface area contributed by atoms with Crippen LogP contribution in [0.1, 0.15) is 31.9 Å². The van der Waals surface area contributed by atoms with Gasteiger partial charge < -0.3 is 10.1 Å². The fourth-order valence-corrected chi connectivity index (χ4v) is 4.20. The van der Waals surface area contributed by atoms with Crippen molar-refractivity contribution in [2.75, 3.05) is 5.32 Å². The van der Waals surface area contributed by atoms with Crippen LogP contribution in [0, 0.1) is 42.9 Å². The zero-order valence-electron chi connectivity index (χ0n) is 18.5. The largest absolute Gasteiger partial charge is 0.489 e. The third-order valence-electron chi connectivity index (χ3n) is 4.99. The topological polar surface area (TPSA) is 56.1 Å². The molecule has 0 saturated carbocycles. The Labute approximate surface area is 200 Å². The van der Waals surface area contributed by atoms with Gasteiger partial charge in [0.05, 0.1) is 28.9 Å². The third-order valence-corrected chi connectivity index (χ3v) is 5.97. The Hall–Kier alpha value is -3.73. The number of aromatic nitrogens is 2. The second-order valence-electron chi connectivity index (χ2n) is 7.86. The first-order chi connectivity index (χ1) is 16.6. The van der Waals surface area contributed by atoms with E-state index in [9.17, 15) is 26.7 Å². The molecule has 4 rings (SSSR count). The van der Waals surface area contributed by atoms with Gasteiger partial charge in [-0.15, -0.1) is 11.3 Å². The Morgan fingerprint density at radius 3 is 2.26 bits per heavy atom. The number of aryl methyl sites for hydroxylation is 2. The van der Waals surface area contributed by atoms with Gasteiger partial charge >= 0.3 is 0 Å². The molecule has 2 heterocycles. The molecule has 0 bridgehead atoms. The fraction of sp³-hybridized carbons (Fsp3) is 0.167. The maximum atomic E-state index is 13.9. The van der Waals surface area contributed by atoms with Gasteiger partial charge in [0.1, 0.15) is 12.4 Å². The number of halogens is 5. The van der Waals surface area contributed by atoms with Crippen LogP contribution < -0.4 is 10.1 Å². The Balaban J connectivity index is 1.40. The van der Waals surface area contributed by atoms with Crippen LogP contribution in [-0.4, -0.2) is 15.7 Å². The van der Waals surface area contributed by atoms with Crippen LogP contribution >= 0.6 is 11.3 Å². The van der Waals surface area contributed by atoms with E-state index in [0.717, 1.165) is 27.1 Å². The molecule has 0 aliphatic rings. The summed E-state index contributed by atoms with van der Waals surface area (Å²) in [4.78, 5) is 12.9. The van der Waals surface area contributed by atoms with Crippen molar-refractivity contribution in [2.24, 2.45) is 0 Å². The fourth-order valence-electron chi connectivity index (χ4n) is 3.41. The lowest BCUT2D eigenvalue weighted by molar-refractivity contribution is 0.103. The molecule has 35 heavy (non-hydrogen) atoms. The maximum absolute atomic E-state index is 13.9. The molecule has 5 nitrogen and oxygen atoms in total. The summed E-state index contributed by atoms with van der Waals surface area (Å²) in [7, 11) is 0. The molecule has 0 aliphatic heterocycles. The molecule has 0 saturated heterocycles. The number of nitrogens with one attached hydrogen (secondary N) is 1. The molecular formula is C24H18F5N3O2S. The van der Waals surface area contributed by atoms with Gasteiger partial charge in [-0.05, 0) is 48.6 Å². The smallest absolute Gasteiger partial charge is 0.265 e. The van der Waals surface area contributed by atoms with Gasteiger partial charge in [0.2, 0.25) is 5.82 Å². The number of carbonyl (C=O) groups is 1. The molecule has 182 valence electrons. The first kappa shape index (κ1) is 24.4. The van der Waals surface area contributed by atoms with Crippen LogP contribution in [0.15, 0.2) is 42.0 Å². The number of hydrogen-bond donors (Lipinski definition) is 1. The summed E-state index contributed by atoms with van der Waals surface area (Å²) in [6, 6.07) is 7.53. The first-order valence-corrected chi connectivity index (χ1v) is 11.1. The van der Waals surface area contributed by atoms with Crippen molar-refractivity contribution < 1.29 is 31.5 Å². The standard InChI is InChI=1S/C24H18F5N3O2S/c1-12-3-13(2)5-16(4-12)34-10-14-6-18(35-11-14)24(33)31-15-7-30-32(8-15)9-17-19(25)21(27)23(29)22(28)20(17)26/h3-8,11H,9-10H2,1-2H3,(H,31,33). The predicted octanol–water partition coefficient (Wildman–Crippen LogP) is 6.14. The first-order valence-electron chi connectivity index (χ1n) is 10.2. The van der Waals surface area contributed by atoms with Crippen LogP contribution in [0.3, 0.4) is 0 Å². The molecular weight excluding hydrogens is 489 g/mol. The Morgan fingerprint density at radius 2 is 1.60 bits per heavy atom. The van der Waals surface area contributed by atoms with Gasteiger partial charge in [-0.25, -0.2) is 22.0 Å². The summed E-state index contributed by atoms with van der Waals surface area (Å²) in [5.74, 6) is -9.89. The minimum atomic E-state index is -2.23. The predicted molar refractivity (Wildman–Crippen MR) is 120 cm³/mol. The summed E-state index contributed by atoms with van der Waals surface area (Å²) < 4.78 is 74.6. The monoisotopic (exact) mass is 507 g/mol. The molecule has 0 fully saturated rings. The van der Waals surface area contributed by atoms with E-state index in [0.29, 0.717) is 4.88 Å². The van der Waals surface area contributed by atoms with E-state index in [2.05, 4.69) is 10.4 Å². The summed E-state index contributed by atoms with van der Waals surface area (Å²) in [6.07, 6.45) is 2.41. The molecule has 0 radical (unpaired) electrons. The average Bonchev–Trinajstić information content (AvgIpc) is 3.47. The highest BCUT2D eigenvalue weighted by atomic mass is 32.1. The summed E-state index contributed by atoms with van der Waals surface area (Å²) in [5, 5.41) is 8.18. The highest BCUT2D eigenvalue weighted by Gasteiger charge is 2.26. The van der Waals surface area contributed by atoms with E-state index in [1.165, 1.54) is 23.7 Å². The number of benzene rings is 2. The zero-order valence-corrected chi connectivity index (χ0v) is 19.3. The Kier molecular flexibility index (Phi) is 6.88. The van der Waals surface area contributed by atoms with Crippen molar-refractivity contribution in [3.63, 3.8) is 0 Å². The van der Waals surface area contributed by atoms with Crippen molar-refractivity contribution in [3.05, 3.63) is 98.3 Å². The minimum Gasteiger partial charge on any atom is -0.489 e. The molecule has 1 amide bonds. The van der Waals surface area contributed by atoms with Crippen LogP contribution in [0.25, 0.3) is 0 Å². The van der Waals surface area contributed by atoms with Gasteiger partial charge in [-0.3, -0.25) is 9.48 Å². The molecule has 0 aliphatic carbocycles. The van der Waals surface area contributed by atoms with Crippen LogP contribution in [0.4, 0.5) is 27.6 Å². The lowest BCUT2D eigenvalue weighted by Gasteiger charge is -2.08. The second-order valence-corrected chi connectivity index (χ2v) is 8.77. The SMILES string of the molecule is Cc1cc(C)cc(OCc2csc(C(=O)Nc3cnn(Cc4c(F)c(F)c(F)c(F)c4F)c3)c2)c1. The van der Waals surface area contributed by atoms with Crippen molar-refractivity contribution >= 4 is 22.9 Å². The maximum Gasteiger partial charge on any atom is 0.265 e. The average molecular weight is 507 g/mol. The van der Waals surface area contributed by atoms with Crippen LogP contribution in [-0.2, 0) is 13.2 Å². The summed E-state index contributed by atoms with van der Waals surface area (Å²) in [5.41, 5.74) is 2.09. The van der Waals surface area contributed by atoms with E-state index in [1.54, 1.807) is 11.4 Å². The Morgan fingerprint density at radius 1 is 0.971 bits per heavy atom. The minimum absolute atomic E-state index is 0.181. The number of amides is 1. The number of nitrogens with zero attached hydrogens (tertiary/aromatic N) is 2. The number of carbonyl (C=O) groups excluding carboxylic acids is 1. The van der Waals surface area contributed by atoms with Crippen molar-refractivity contribution in [1.82, 2.24) is 9.78 Å². The highest BCUT2D eigenvalue weighted by Crippen LogP contribution is 2.25. The van der Waals surface area contributed by atoms with Crippen molar-refractivity contribution in [2.45, 2.75) is 27.0 Å². The number of ether oxygens (including phenoxy) is 1. The third kappa shape index (κ3) is 5.35. The quantitative estimate of drug-likeness (QED) is 0.186. The number of thiophene rings is 1. The van der Waals surface area contributed by atoms with Crippen molar-refractivity contribution in [3.8, 4) is 5.75 Å². The number of hydrogen-bond acceptors (Lipinski definition) is 4. The second kappa shape index (κ2) is 9.87. The lowest BCUT2D eigenvalue weighted by atomic mass is 10.1.